The first-order chi connectivity index (χ1) is 14.0. The highest BCUT2D eigenvalue weighted by Crippen LogP contribution is 2.33. The molecule has 0 aliphatic heterocycles. The third-order valence-corrected chi connectivity index (χ3v) is 4.58. The molecule has 0 spiro atoms. The maximum absolute atomic E-state index is 13.0. The number of carbonyl (C=O) groups excluding carboxylic acids is 2. The molecule has 2 aromatic rings. The van der Waals surface area contributed by atoms with E-state index < -0.39 is 0 Å². The molecule has 0 aromatic heterocycles. The number of hydrogen-bond acceptors (Lipinski definition) is 5. The van der Waals surface area contributed by atoms with Gasteiger partial charge in [0.25, 0.3) is 11.8 Å². The molecule has 1 unspecified atom stereocenters. The molecule has 0 radical (unpaired) electrons. The summed E-state index contributed by atoms with van der Waals surface area (Å²) in [5.74, 6) is 0.149. The van der Waals surface area contributed by atoms with Gasteiger partial charge in [0, 0.05) is 24.2 Å². The smallest absolute Gasteiger partial charge is 0.255 e. The van der Waals surface area contributed by atoms with Crippen molar-refractivity contribution < 1.29 is 19.1 Å². The highest BCUT2D eigenvalue weighted by atomic mass is 35.5. The number of unbranched alkanes of at least 4 members (excludes halogenated alkanes) is 1. The monoisotopic (exact) mass is 435 g/mol. The van der Waals surface area contributed by atoms with Crippen LogP contribution in [-0.4, -0.2) is 38.6 Å². The van der Waals surface area contributed by atoms with E-state index in [0.717, 1.165) is 19.3 Å². The molecule has 0 heterocycles. The summed E-state index contributed by atoms with van der Waals surface area (Å²) in [4.78, 5) is 25.6. The van der Waals surface area contributed by atoms with E-state index in [1.54, 1.807) is 36.4 Å². The molecular formula is C22H30ClN3O4. The molecule has 4 N–H and O–H groups in total. The van der Waals surface area contributed by atoms with Crippen LogP contribution in [0.5, 0.6) is 11.5 Å². The van der Waals surface area contributed by atoms with Gasteiger partial charge in [0.2, 0.25) is 0 Å². The van der Waals surface area contributed by atoms with Crippen LogP contribution in [0.4, 0.5) is 5.69 Å². The molecule has 2 amide bonds. The van der Waals surface area contributed by atoms with Crippen molar-refractivity contribution in [3.63, 3.8) is 0 Å². The van der Waals surface area contributed by atoms with Crippen molar-refractivity contribution >= 4 is 29.9 Å². The summed E-state index contributed by atoms with van der Waals surface area (Å²) in [7, 11) is 2.99. The molecule has 8 heteroatoms. The second-order valence-electron chi connectivity index (χ2n) is 6.62. The molecule has 7 nitrogen and oxygen atoms in total. The van der Waals surface area contributed by atoms with Gasteiger partial charge in [0.15, 0.2) is 11.5 Å². The Labute approximate surface area is 183 Å². The predicted octanol–water partition coefficient (Wildman–Crippen LogP) is 3.63. The molecule has 1 atom stereocenters. The van der Waals surface area contributed by atoms with Crippen LogP contribution >= 0.6 is 12.4 Å². The van der Waals surface area contributed by atoms with Crippen LogP contribution in [-0.2, 0) is 0 Å². The lowest BCUT2D eigenvalue weighted by Gasteiger charge is -2.19. The molecule has 164 valence electrons. The van der Waals surface area contributed by atoms with Gasteiger partial charge in [-0.15, -0.1) is 12.4 Å². The summed E-state index contributed by atoms with van der Waals surface area (Å²) >= 11 is 0. The molecule has 0 bridgehead atoms. The first kappa shape index (κ1) is 25.3. The molecular weight excluding hydrogens is 406 g/mol. The molecule has 0 fully saturated rings. The Morgan fingerprint density at radius 3 is 2.23 bits per heavy atom. The van der Waals surface area contributed by atoms with Crippen LogP contribution in [0.1, 0.15) is 46.9 Å². The zero-order valence-corrected chi connectivity index (χ0v) is 18.4. The van der Waals surface area contributed by atoms with E-state index in [2.05, 4.69) is 17.6 Å². The normalized spacial score (nSPS) is 11.1. The summed E-state index contributed by atoms with van der Waals surface area (Å²) < 4.78 is 10.7. The van der Waals surface area contributed by atoms with Crippen LogP contribution in [0, 0.1) is 0 Å². The van der Waals surface area contributed by atoms with Gasteiger partial charge in [-0.25, -0.2) is 0 Å². The average Bonchev–Trinajstić information content (AvgIpc) is 2.76. The highest BCUT2D eigenvalue weighted by molar-refractivity contribution is 6.09. The first-order valence-electron chi connectivity index (χ1n) is 9.67. The van der Waals surface area contributed by atoms with E-state index in [1.165, 1.54) is 14.2 Å². The van der Waals surface area contributed by atoms with E-state index in [9.17, 15) is 9.59 Å². The van der Waals surface area contributed by atoms with E-state index in [0.29, 0.717) is 29.3 Å². The number of nitrogens with one attached hydrogen (secondary N) is 2. The fraction of sp³-hybridized carbons (Fsp3) is 0.364. The second kappa shape index (κ2) is 12.7. The molecule has 0 aliphatic carbocycles. The first-order valence-corrected chi connectivity index (χ1v) is 9.67. The number of benzene rings is 2. The molecule has 0 aliphatic rings. The molecule has 30 heavy (non-hydrogen) atoms. The standard InChI is InChI=1S/C22H29N3O4.ClH/c1-4-5-11-16(14-23)24-22(27)17-12-19(28-2)20(29-3)13-18(17)25-21(26)15-9-7-6-8-10-15;/h6-10,12-13,16H,4-5,11,14,23H2,1-3H3,(H,24,27)(H,25,26);1H. The maximum Gasteiger partial charge on any atom is 0.255 e. The van der Waals surface area contributed by atoms with Crippen molar-refractivity contribution in [2.75, 3.05) is 26.1 Å². The summed E-state index contributed by atoms with van der Waals surface area (Å²) in [6.45, 7) is 2.42. The van der Waals surface area contributed by atoms with Crippen molar-refractivity contribution in [3.05, 3.63) is 53.6 Å². The van der Waals surface area contributed by atoms with Crippen molar-refractivity contribution in [3.8, 4) is 11.5 Å². The van der Waals surface area contributed by atoms with E-state index in [4.69, 9.17) is 15.2 Å². The van der Waals surface area contributed by atoms with Crippen molar-refractivity contribution in [1.82, 2.24) is 5.32 Å². The largest absolute Gasteiger partial charge is 0.493 e. The maximum atomic E-state index is 13.0. The predicted molar refractivity (Wildman–Crippen MR) is 121 cm³/mol. The number of ether oxygens (including phenoxy) is 2. The van der Waals surface area contributed by atoms with E-state index in [1.807, 2.05) is 6.07 Å². The van der Waals surface area contributed by atoms with E-state index >= 15 is 0 Å². The lowest BCUT2D eigenvalue weighted by atomic mass is 10.1. The van der Waals surface area contributed by atoms with Crippen molar-refractivity contribution in [1.29, 1.82) is 0 Å². The molecule has 2 rings (SSSR count). The van der Waals surface area contributed by atoms with Gasteiger partial charge in [0.05, 0.1) is 25.5 Å². The second-order valence-corrected chi connectivity index (χ2v) is 6.62. The Balaban J connectivity index is 0.00000450. The minimum absolute atomic E-state index is 0. The van der Waals surface area contributed by atoms with Gasteiger partial charge in [-0.2, -0.15) is 0 Å². The van der Waals surface area contributed by atoms with Gasteiger partial charge in [0.1, 0.15) is 0 Å². The third-order valence-electron chi connectivity index (χ3n) is 4.58. The van der Waals surface area contributed by atoms with Crippen LogP contribution in [0.3, 0.4) is 0 Å². The minimum Gasteiger partial charge on any atom is -0.493 e. The van der Waals surface area contributed by atoms with Crippen LogP contribution in [0.25, 0.3) is 0 Å². The number of nitrogens with two attached hydrogens (primary N) is 1. The fourth-order valence-corrected chi connectivity index (χ4v) is 2.92. The van der Waals surface area contributed by atoms with Crippen molar-refractivity contribution in [2.45, 2.75) is 32.2 Å². The average molecular weight is 436 g/mol. The minimum atomic E-state index is -0.333. The number of amides is 2. The SMILES string of the molecule is CCCCC(CN)NC(=O)c1cc(OC)c(OC)cc1NC(=O)c1ccccc1.Cl. The summed E-state index contributed by atoms with van der Waals surface area (Å²) in [5, 5.41) is 5.75. The van der Waals surface area contributed by atoms with Crippen LogP contribution < -0.4 is 25.8 Å². The number of rotatable bonds is 10. The lowest BCUT2D eigenvalue weighted by molar-refractivity contribution is 0.0936. The van der Waals surface area contributed by atoms with E-state index in [-0.39, 0.29) is 35.8 Å². The van der Waals surface area contributed by atoms with Gasteiger partial charge >= 0.3 is 0 Å². The number of carbonyl (C=O) groups is 2. The number of anilines is 1. The molecule has 2 aromatic carbocycles. The Bertz CT molecular complexity index is 831. The van der Waals surface area contributed by atoms with Crippen LogP contribution in [0.2, 0.25) is 0 Å². The third kappa shape index (κ3) is 6.64. The zero-order chi connectivity index (χ0) is 21.2. The Hall–Kier alpha value is -2.77. The Morgan fingerprint density at radius 1 is 1.03 bits per heavy atom. The lowest BCUT2D eigenvalue weighted by Crippen LogP contribution is -2.40. The van der Waals surface area contributed by atoms with Gasteiger partial charge in [-0.3, -0.25) is 9.59 Å². The Morgan fingerprint density at radius 2 is 1.67 bits per heavy atom. The summed E-state index contributed by atoms with van der Waals surface area (Å²) in [6.07, 6.45) is 2.77. The number of hydrogen-bond donors (Lipinski definition) is 3. The number of halogens is 1. The summed E-state index contributed by atoms with van der Waals surface area (Å²) in [5.41, 5.74) is 6.90. The summed E-state index contributed by atoms with van der Waals surface area (Å²) in [6, 6.07) is 11.8. The van der Waals surface area contributed by atoms with Crippen molar-refractivity contribution in [2.24, 2.45) is 5.73 Å². The van der Waals surface area contributed by atoms with Gasteiger partial charge in [-0.05, 0) is 24.6 Å². The zero-order valence-electron chi connectivity index (χ0n) is 17.6. The van der Waals surface area contributed by atoms with Crippen LogP contribution in [0.15, 0.2) is 42.5 Å². The fourth-order valence-electron chi connectivity index (χ4n) is 2.92. The van der Waals surface area contributed by atoms with Gasteiger partial charge in [-0.1, -0.05) is 38.0 Å². The molecule has 0 saturated heterocycles. The Kier molecular flexibility index (Phi) is 10.7. The highest BCUT2D eigenvalue weighted by Gasteiger charge is 2.21. The van der Waals surface area contributed by atoms with Gasteiger partial charge < -0.3 is 25.8 Å². The number of methoxy groups -OCH3 is 2. The quantitative estimate of drug-likeness (QED) is 0.528. The molecule has 0 saturated carbocycles. The topological polar surface area (TPSA) is 103 Å².